The molecule has 0 saturated carbocycles. The van der Waals surface area contributed by atoms with Gasteiger partial charge in [-0.15, -0.1) is 0 Å². The molecule has 0 bridgehead atoms. The number of thioether (sulfide) groups is 1. The number of phenolic OH excluding ortho intramolecular Hbond substituents is 2. The minimum absolute atomic E-state index is 0.0479. The van der Waals surface area contributed by atoms with Crippen LogP contribution in [-0.4, -0.2) is 27.6 Å². The third-order valence-corrected chi connectivity index (χ3v) is 4.49. The smallest absolute Gasteiger partial charge is 0.290 e. The van der Waals surface area contributed by atoms with Crippen molar-refractivity contribution in [1.29, 1.82) is 0 Å². The minimum Gasteiger partial charge on any atom is -0.508 e. The Labute approximate surface area is 162 Å². The normalized spacial score (nSPS) is 14.6. The van der Waals surface area contributed by atoms with Gasteiger partial charge in [0.15, 0.2) is 6.29 Å². The van der Waals surface area contributed by atoms with Crippen molar-refractivity contribution in [1.82, 2.24) is 5.32 Å². The molecule has 1 aliphatic rings. The molecule has 0 aliphatic carbocycles. The van der Waals surface area contributed by atoms with Crippen LogP contribution in [0.25, 0.3) is 6.08 Å². The molecule has 0 spiro atoms. The van der Waals surface area contributed by atoms with E-state index in [4.69, 9.17) is 33.4 Å². The maximum absolute atomic E-state index is 11.3. The molecule has 2 aromatic carbocycles. The summed E-state index contributed by atoms with van der Waals surface area (Å²) in [7, 11) is 0. The number of aldehydes is 1. The lowest BCUT2D eigenvalue weighted by Gasteiger charge is -1.99. The summed E-state index contributed by atoms with van der Waals surface area (Å²) < 4.78 is 0. The van der Waals surface area contributed by atoms with E-state index in [1.807, 2.05) is 0 Å². The molecule has 26 heavy (non-hydrogen) atoms. The van der Waals surface area contributed by atoms with Gasteiger partial charge >= 0.3 is 0 Å². The van der Waals surface area contributed by atoms with Gasteiger partial charge in [-0.05, 0) is 59.8 Å². The SMILES string of the molecule is O=C1NC(=O)/C(=C/c2ccc(O)cc2Cl)S1.O=Cc1ccc(O)cc1Cl. The summed E-state index contributed by atoms with van der Waals surface area (Å²) in [6.07, 6.45) is 2.15. The number of nitrogens with one attached hydrogen (secondary N) is 1. The van der Waals surface area contributed by atoms with Crippen LogP contribution in [-0.2, 0) is 4.79 Å². The molecule has 2 amide bonds. The fourth-order valence-electron chi connectivity index (χ4n) is 1.81. The average Bonchev–Trinajstić information content (AvgIpc) is 2.88. The number of carbonyl (C=O) groups excluding carboxylic acids is 3. The quantitative estimate of drug-likeness (QED) is 0.504. The number of aromatic hydroxyl groups is 2. The highest BCUT2D eigenvalue weighted by Crippen LogP contribution is 2.29. The van der Waals surface area contributed by atoms with Crippen molar-refractivity contribution in [2.75, 3.05) is 0 Å². The summed E-state index contributed by atoms with van der Waals surface area (Å²) in [5.41, 5.74) is 0.964. The van der Waals surface area contributed by atoms with Gasteiger partial charge < -0.3 is 10.2 Å². The first-order chi connectivity index (χ1) is 12.3. The maximum atomic E-state index is 11.3. The summed E-state index contributed by atoms with van der Waals surface area (Å²) in [6, 6.07) is 8.60. The number of hydrogen-bond acceptors (Lipinski definition) is 6. The lowest BCUT2D eigenvalue weighted by Crippen LogP contribution is -2.17. The topological polar surface area (TPSA) is 104 Å². The molecule has 0 radical (unpaired) electrons. The largest absolute Gasteiger partial charge is 0.508 e. The van der Waals surface area contributed by atoms with Gasteiger partial charge in [-0.3, -0.25) is 19.7 Å². The fraction of sp³-hybridized carbons (Fsp3) is 0. The highest BCUT2D eigenvalue weighted by molar-refractivity contribution is 8.18. The molecule has 6 nitrogen and oxygen atoms in total. The van der Waals surface area contributed by atoms with Crippen LogP contribution in [0.1, 0.15) is 15.9 Å². The van der Waals surface area contributed by atoms with E-state index in [1.54, 1.807) is 6.07 Å². The zero-order valence-corrected chi connectivity index (χ0v) is 15.2. The molecule has 1 aliphatic heterocycles. The molecular weight excluding hydrogens is 401 g/mol. The molecule has 1 heterocycles. The van der Waals surface area contributed by atoms with Crippen LogP contribution in [0.5, 0.6) is 11.5 Å². The Morgan fingerprint density at radius 1 is 0.923 bits per heavy atom. The van der Waals surface area contributed by atoms with Crippen LogP contribution >= 0.6 is 35.0 Å². The van der Waals surface area contributed by atoms with E-state index in [0.29, 0.717) is 22.4 Å². The van der Waals surface area contributed by atoms with Crippen molar-refractivity contribution in [3.8, 4) is 11.5 Å². The second-order valence-electron chi connectivity index (χ2n) is 4.88. The molecule has 1 saturated heterocycles. The number of phenols is 2. The van der Waals surface area contributed by atoms with Crippen molar-refractivity contribution in [2.45, 2.75) is 0 Å². The average molecular weight is 412 g/mol. The summed E-state index contributed by atoms with van der Waals surface area (Å²) in [5.74, 6) is -0.318. The number of benzene rings is 2. The fourth-order valence-corrected chi connectivity index (χ4v) is 2.93. The van der Waals surface area contributed by atoms with Crippen LogP contribution in [0, 0.1) is 0 Å². The lowest BCUT2D eigenvalue weighted by molar-refractivity contribution is -0.115. The molecule has 134 valence electrons. The Morgan fingerprint density at radius 3 is 1.88 bits per heavy atom. The zero-order chi connectivity index (χ0) is 19.3. The molecule has 2 aromatic rings. The monoisotopic (exact) mass is 411 g/mol. The predicted octanol–water partition coefficient (Wildman–Crippen LogP) is 4.23. The van der Waals surface area contributed by atoms with Gasteiger partial charge in [0.2, 0.25) is 0 Å². The molecule has 0 atom stereocenters. The van der Waals surface area contributed by atoms with E-state index in [1.165, 1.54) is 36.4 Å². The first-order valence-corrected chi connectivity index (χ1v) is 8.54. The third-order valence-electron chi connectivity index (χ3n) is 3.02. The minimum atomic E-state index is -0.431. The van der Waals surface area contributed by atoms with Gasteiger partial charge in [0.25, 0.3) is 11.1 Å². The maximum Gasteiger partial charge on any atom is 0.290 e. The highest BCUT2D eigenvalue weighted by Gasteiger charge is 2.25. The summed E-state index contributed by atoms with van der Waals surface area (Å²) in [6.45, 7) is 0. The number of amides is 2. The highest BCUT2D eigenvalue weighted by atomic mass is 35.5. The van der Waals surface area contributed by atoms with Crippen molar-refractivity contribution in [3.63, 3.8) is 0 Å². The predicted molar refractivity (Wildman–Crippen MR) is 101 cm³/mol. The number of carbonyl (C=O) groups is 3. The third kappa shape index (κ3) is 5.26. The summed E-state index contributed by atoms with van der Waals surface area (Å²) in [5, 5.41) is 20.3. The second kappa shape index (κ2) is 8.75. The molecule has 9 heteroatoms. The molecule has 1 fully saturated rings. The van der Waals surface area contributed by atoms with Crippen LogP contribution < -0.4 is 5.32 Å². The first kappa shape index (κ1) is 19.8. The van der Waals surface area contributed by atoms with Gasteiger partial charge in [-0.1, -0.05) is 23.2 Å². The summed E-state index contributed by atoms with van der Waals surface area (Å²) >= 11 is 12.2. The van der Waals surface area contributed by atoms with Crippen LogP contribution in [0.15, 0.2) is 41.3 Å². The van der Waals surface area contributed by atoms with Crippen molar-refractivity contribution in [3.05, 3.63) is 62.5 Å². The van der Waals surface area contributed by atoms with Gasteiger partial charge in [0, 0.05) is 5.56 Å². The van der Waals surface area contributed by atoms with E-state index < -0.39 is 11.1 Å². The van der Waals surface area contributed by atoms with Crippen molar-refractivity contribution >= 4 is 58.5 Å². The zero-order valence-electron chi connectivity index (χ0n) is 12.9. The molecule has 3 rings (SSSR count). The molecule has 0 unspecified atom stereocenters. The van der Waals surface area contributed by atoms with E-state index in [0.717, 1.165) is 11.8 Å². The van der Waals surface area contributed by atoms with E-state index >= 15 is 0 Å². The van der Waals surface area contributed by atoms with E-state index in [2.05, 4.69) is 5.32 Å². The van der Waals surface area contributed by atoms with Gasteiger partial charge in [-0.2, -0.15) is 0 Å². The first-order valence-electron chi connectivity index (χ1n) is 6.97. The van der Waals surface area contributed by atoms with E-state index in [9.17, 15) is 14.4 Å². The van der Waals surface area contributed by atoms with Crippen molar-refractivity contribution in [2.24, 2.45) is 0 Å². The number of imide groups is 1. The number of halogens is 2. The van der Waals surface area contributed by atoms with Crippen LogP contribution in [0.2, 0.25) is 10.0 Å². The number of rotatable bonds is 2. The van der Waals surface area contributed by atoms with Gasteiger partial charge in [0.05, 0.1) is 15.0 Å². The van der Waals surface area contributed by atoms with Gasteiger partial charge in [0.1, 0.15) is 11.5 Å². The Balaban J connectivity index is 0.000000209. The van der Waals surface area contributed by atoms with Gasteiger partial charge in [-0.25, -0.2) is 0 Å². The molecule has 3 N–H and O–H groups in total. The molecular formula is C17H11Cl2NO5S. The Morgan fingerprint density at radius 2 is 1.46 bits per heavy atom. The Hall–Kier alpha value is -2.48. The Bertz CT molecular complexity index is 914. The molecule has 0 aromatic heterocycles. The number of hydrogen-bond donors (Lipinski definition) is 3. The summed E-state index contributed by atoms with van der Waals surface area (Å²) in [4.78, 5) is 32.6. The van der Waals surface area contributed by atoms with Crippen LogP contribution in [0.3, 0.4) is 0 Å². The lowest BCUT2D eigenvalue weighted by atomic mass is 10.2. The standard InChI is InChI=1S/C10H6ClNO3S.C7H5ClO2/c11-7-4-6(13)2-1-5(7)3-8-9(14)12-10(15)16-8;8-7-3-6(10)2-1-5(7)4-9/h1-4,13H,(H,12,14,15);1-4,10H/b8-3-;. The van der Waals surface area contributed by atoms with Crippen LogP contribution in [0.4, 0.5) is 4.79 Å². The Kier molecular flexibility index (Phi) is 6.68. The van der Waals surface area contributed by atoms with E-state index in [-0.39, 0.29) is 21.4 Å². The second-order valence-corrected chi connectivity index (χ2v) is 6.71. The van der Waals surface area contributed by atoms with Crippen molar-refractivity contribution < 1.29 is 24.6 Å².